The quantitative estimate of drug-likeness (QED) is 0.676. The number of aliphatic hydroxyl groups is 1. The van der Waals surface area contributed by atoms with Gasteiger partial charge >= 0.3 is 0 Å². The van der Waals surface area contributed by atoms with Gasteiger partial charge in [-0.25, -0.2) is 0 Å². The first kappa shape index (κ1) is 20.0. The highest BCUT2D eigenvalue weighted by Gasteiger charge is 2.08. The highest BCUT2D eigenvalue weighted by Crippen LogP contribution is 2.18. The first-order valence-corrected chi connectivity index (χ1v) is 10.1. The maximum atomic E-state index is 9.97. The Hall–Kier alpha value is -0.0800. The topological polar surface area (TPSA) is 29.5 Å². The van der Waals surface area contributed by atoms with Gasteiger partial charge in [0.15, 0.2) is 0 Å². The van der Waals surface area contributed by atoms with E-state index in [0.717, 1.165) is 19.4 Å². The molecule has 1 fully saturated rings. The monoisotopic (exact) mass is 312 g/mol. The van der Waals surface area contributed by atoms with Crippen LogP contribution in [0.3, 0.4) is 0 Å². The molecule has 1 aliphatic rings. The average Bonchev–Trinajstić information content (AvgIpc) is 2.51. The highest BCUT2D eigenvalue weighted by molar-refractivity contribution is 4.61. The Morgan fingerprint density at radius 3 is 1.41 bits per heavy atom. The smallest absolute Gasteiger partial charge is 0.0575 e. The third-order valence-electron chi connectivity index (χ3n) is 5.03. The third-order valence-corrected chi connectivity index (χ3v) is 5.03. The number of aliphatic hydroxyl groups excluding tert-OH is 1. The van der Waals surface area contributed by atoms with E-state index in [1.54, 1.807) is 0 Å². The molecule has 1 aliphatic carbocycles. The van der Waals surface area contributed by atoms with Crippen LogP contribution in [0.5, 0.6) is 0 Å². The molecular weight excluding hydrogens is 272 g/mol. The predicted octanol–water partition coefficient (Wildman–Crippen LogP) is 6.01. The number of hydrogen-bond donors (Lipinski definition) is 1. The molecule has 1 saturated carbocycles. The van der Waals surface area contributed by atoms with Gasteiger partial charge in [-0.2, -0.15) is 0 Å². The van der Waals surface area contributed by atoms with Gasteiger partial charge in [-0.15, -0.1) is 0 Å². The normalized spacial score (nSPS) is 28.6. The molecule has 0 radical (unpaired) electrons. The van der Waals surface area contributed by atoms with Crippen LogP contribution in [0.1, 0.15) is 110 Å². The molecule has 1 N–H and O–H groups in total. The lowest BCUT2D eigenvalue weighted by Crippen LogP contribution is -2.13. The largest absolute Gasteiger partial charge is 0.393 e. The minimum atomic E-state index is -0.0363. The van der Waals surface area contributed by atoms with Gasteiger partial charge < -0.3 is 9.84 Å². The van der Waals surface area contributed by atoms with Crippen molar-refractivity contribution in [3.05, 3.63) is 0 Å². The van der Waals surface area contributed by atoms with Crippen molar-refractivity contribution >= 4 is 0 Å². The molecule has 0 aromatic heterocycles. The molecule has 0 saturated heterocycles. The summed E-state index contributed by atoms with van der Waals surface area (Å²) in [7, 11) is 0. The zero-order valence-electron chi connectivity index (χ0n) is 15.0. The van der Waals surface area contributed by atoms with Gasteiger partial charge in [0.25, 0.3) is 0 Å². The van der Waals surface area contributed by atoms with Gasteiger partial charge in [-0.3, -0.25) is 0 Å². The Balaban J connectivity index is 2.23. The van der Waals surface area contributed by atoms with Crippen molar-refractivity contribution in [1.82, 2.24) is 0 Å². The summed E-state index contributed by atoms with van der Waals surface area (Å²) >= 11 is 0. The van der Waals surface area contributed by atoms with Crippen LogP contribution >= 0.6 is 0 Å². The van der Waals surface area contributed by atoms with Crippen LogP contribution in [-0.4, -0.2) is 23.9 Å². The maximum absolute atomic E-state index is 9.97. The molecule has 1 rings (SSSR count). The Bertz CT molecular complexity index is 210. The van der Waals surface area contributed by atoms with Crippen molar-refractivity contribution in [2.75, 3.05) is 6.61 Å². The molecule has 2 heteroatoms. The number of rotatable bonds is 2. The fourth-order valence-corrected chi connectivity index (χ4v) is 3.61. The van der Waals surface area contributed by atoms with Crippen LogP contribution in [0.15, 0.2) is 0 Å². The van der Waals surface area contributed by atoms with Crippen molar-refractivity contribution in [2.24, 2.45) is 0 Å². The second-order valence-corrected chi connectivity index (χ2v) is 7.13. The number of ether oxygens (including phenoxy) is 1. The molecule has 0 heterocycles. The standard InChI is InChI=1S/C20H40O2/c1-2-22-20-17-13-9-5-3-7-11-15-19(21)16-12-8-4-6-10-14-18-20/h19-21H,2-18H2,1H3. The SMILES string of the molecule is CCOC1CCCCCCCCC(O)CCCCCCCC1. The van der Waals surface area contributed by atoms with Crippen molar-refractivity contribution in [3.63, 3.8) is 0 Å². The molecule has 0 aromatic rings. The van der Waals surface area contributed by atoms with Crippen molar-refractivity contribution in [3.8, 4) is 0 Å². The van der Waals surface area contributed by atoms with E-state index in [9.17, 15) is 5.11 Å². The van der Waals surface area contributed by atoms with Gasteiger partial charge in [0.05, 0.1) is 12.2 Å². The molecule has 0 amide bonds. The summed E-state index contributed by atoms with van der Waals surface area (Å²) in [6.45, 7) is 2.99. The molecule has 0 unspecified atom stereocenters. The Morgan fingerprint density at radius 2 is 1.00 bits per heavy atom. The summed E-state index contributed by atoms with van der Waals surface area (Å²) in [5.74, 6) is 0. The van der Waals surface area contributed by atoms with E-state index in [4.69, 9.17) is 4.74 Å². The lowest BCUT2D eigenvalue weighted by Gasteiger charge is -2.17. The van der Waals surface area contributed by atoms with Crippen LogP contribution in [0.25, 0.3) is 0 Å². The van der Waals surface area contributed by atoms with E-state index in [1.165, 1.54) is 89.9 Å². The van der Waals surface area contributed by atoms with E-state index >= 15 is 0 Å². The summed E-state index contributed by atoms with van der Waals surface area (Å²) < 4.78 is 5.91. The second-order valence-electron chi connectivity index (χ2n) is 7.13. The van der Waals surface area contributed by atoms with Crippen LogP contribution in [0, 0.1) is 0 Å². The van der Waals surface area contributed by atoms with Crippen molar-refractivity contribution in [2.45, 2.75) is 122 Å². The highest BCUT2D eigenvalue weighted by atomic mass is 16.5. The fraction of sp³-hybridized carbons (Fsp3) is 1.00. The Morgan fingerprint density at radius 1 is 0.636 bits per heavy atom. The first-order valence-electron chi connectivity index (χ1n) is 10.1. The Kier molecular flexibility index (Phi) is 13.2. The molecule has 0 bridgehead atoms. The molecule has 22 heavy (non-hydrogen) atoms. The fourth-order valence-electron chi connectivity index (χ4n) is 3.61. The zero-order chi connectivity index (χ0) is 15.9. The van der Waals surface area contributed by atoms with E-state index in [2.05, 4.69) is 6.92 Å². The van der Waals surface area contributed by atoms with Crippen LogP contribution in [0.4, 0.5) is 0 Å². The number of hydrogen-bond acceptors (Lipinski definition) is 2. The average molecular weight is 313 g/mol. The predicted molar refractivity (Wildman–Crippen MR) is 95.3 cm³/mol. The minimum Gasteiger partial charge on any atom is -0.393 e. The van der Waals surface area contributed by atoms with E-state index in [-0.39, 0.29) is 6.10 Å². The van der Waals surface area contributed by atoms with Gasteiger partial charge in [0.1, 0.15) is 0 Å². The Labute approximate surface area is 139 Å². The maximum Gasteiger partial charge on any atom is 0.0575 e. The van der Waals surface area contributed by atoms with Gasteiger partial charge in [-0.05, 0) is 32.6 Å². The molecule has 132 valence electrons. The first-order chi connectivity index (χ1) is 10.8. The summed E-state index contributed by atoms with van der Waals surface area (Å²) in [4.78, 5) is 0. The van der Waals surface area contributed by atoms with Gasteiger partial charge in [-0.1, -0.05) is 77.0 Å². The minimum absolute atomic E-state index is 0.0363. The van der Waals surface area contributed by atoms with Crippen LogP contribution < -0.4 is 0 Å². The molecule has 0 aromatic carbocycles. The summed E-state index contributed by atoms with van der Waals surface area (Å²) in [5.41, 5.74) is 0. The molecule has 0 aliphatic heterocycles. The lowest BCUT2D eigenvalue weighted by molar-refractivity contribution is 0.0469. The summed E-state index contributed by atoms with van der Waals surface area (Å²) in [5, 5.41) is 9.97. The molecule has 2 nitrogen and oxygen atoms in total. The van der Waals surface area contributed by atoms with Gasteiger partial charge in [0.2, 0.25) is 0 Å². The summed E-state index contributed by atoms with van der Waals surface area (Å²) in [6.07, 6.45) is 20.8. The third kappa shape index (κ3) is 11.5. The molecule has 0 spiro atoms. The van der Waals surface area contributed by atoms with E-state index in [0.29, 0.717) is 6.10 Å². The summed E-state index contributed by atoms with van der Waals surface area (Å²) in [6, 6.07) is 0. The van der Waals surface area contributed by atoms with Crippen molar-refractivity contribution in [1.29, 1.82) is 0 Å². The van der Waals surface area contributed by atoms with E-state index < -0.39 is 0 Å². The molecule has 0 atom stereocenters. The van der Waals surface area contributed by atoms with E-state index in [1.807, 2.05) is 0 Å². The zero-order valence-corrected chi connectivity index (χ0v) is 15.0. The van der Waals surface area contributed by atoms with Crippen molar-refractivity contribution < 1.29 is 9.84 Å². The molecular formula is C20H40O2. The van der Waals surface area contributed by atoms with Crippen LogP contribution in [-0.2, 0) is 4.74 Å². The second kappa shape index (κ2) is 14.5. The van der Waals surface area contributed by atoms with Gasteiger partial charge in [0, 0.05) is 6.61 Å². The van der Waals surface area contributed by atoms with Crippen LogP contribution in [0.2, 0.25) is 0 Å². The lowest BCUT2D eigenvalue weighted by atomic mass is 9.99.